The largest absolute Gasteiger partial charge is 0.461 e. The maximum atomic E-state index is 11.9. The first-order chi connectivity index (χ1) is 9.63. The highest BCUT2D eigenvalue weighted by atomic mass is 35.5. The van der Waals surface area contributed by atoms with Crippen molar-refractivity contribution in [2.75, 3.05) is 0 Å². The van der Waals surface area contributed by atoms with Crippen LogP contribution < -0.4 is 5.32 Å². The van der Waals surface area contributed by atoms with Gasteiger partial charge in [-0.3, -0.25) is 4.79 Å². The summed E-state index contributed by atoms with van der Waals surface area (Å²) in [5.74, 6) is 0.586. The molecule has 0 fully saturated rings. The van der Waals surface area contributed by atoms with Crippen molar-refractivity contribution in [3.05, 3.63) is 63.7 Å². The number of amides is 1. The van der Waals surface area contributed by atoms with Gasteiger partial charge in [-0.2, -0.15) is 0 Å². The topological polar surface area (TPSA) is 54.6 Å². The van der Waals surface area contributed by atoms with E-state index in [0.29, 0.717) is 27.2 Å². The van der Waals surface area contributed by atoms with E-state index >= 15 is 0 Å². The van der Waals surface area contributed by atoms with E-state index in [1.54, 1.807) is 36.4 Å². The maximum Gasteiger partial charge on any atom is 0.275 e. The van der Waals surface area contributed by atoms with Crippen LogP contribution in [0, 0.1) is 0 Å². The van der Waals surface area contributed by atoms with E-state index < -0.39 is 0 Å². The molecule has 0 spiro atoms. The number of nitrogens with one attached hydrogen (secondary N) is 1. The molecule has 0 unspecified atom stereocenters. The molecule has 0 bridgehead atoms. The molecule has 100 valence electrons. The minimum atomic E-state index is -0.303. The zero-order chi connectivity index (χ0) is 14.1. The van der Waals surface area contributed by atoms with E-state index in [1.807, 2.05) is 0 Å². The SMILES string of the molecule is O=C1NC(c2ccco2)=N/C1=C/c1ccc(Cl)cc1Cl. The molecule has 2 aromatic rings. The molecule has 1 aromatic carbocycles. The van der Waals surface area contributed by atoms with E-state index in [9.17, 15) is 4.79 Å². The Kier molecular flexibility index (Phi) is 3.34. The third-order valence-electron chi connectivity index (χ3n) is 2.71. The van der Waals surface area contributed by atoms with E-state index in [0.717, 1.165) is 0 Å². The molecular weight excluding hydrogens is 299 g/mol. The number of carbonyl (C=O) groups excluding carboxylic acids is 1. The van der Waals surface area contributed by atoms with Gasteiger partial charge in [0.25, 0.3) is 5.91 Å². The van der Waals surface area contributed by atoms with E-state index in [-0.39, 0.29) is 11.6 Å². The van der Waals surface area contributed by atoms with Crippen molar-refractivity contribution < 1.29 is 9.21 Å². The van der Waals surface area contributed by atoms with Gasteiger partial charge in [-0.1, -0.05) is 29.3 Å². The zero-order valence-corrected chi connectivity index (χ0v) is 11.6. The molecule has 1 aromatic heterocycles. The molecule has 1 aliphatic heterocycles. The first-order valence-electron chi connectivity index (χ1n) is 5.74. The standard InChI is InChI=1S/C14H8Cl2N2O2/c15-9-4-3-8(10(16)7-9)6-11-14(19)18-13(17-11)12-2-1-5-20-12/h1-7H,(H,17,18,19)/b11-6+. The smallest absolute Gasteiger partial charge is 0.275 e. The van der Waals surface area contributed by atoms with Gasteiger partial charge in [0.1, 0.15) is 5.70 Å². The third-order valence-corrected chi connectivity index (χ3v) is 3.27. The molecule has 0 aliphatic carbocycles. The van der Waals surface area contributed by atoms with Crippen LogP contribution in [0.5, 0.6) is 0 Å². The minimum absolute atomic E-state index is 0.264. The molecule has 1 N–H and O–H groups in total. The van der Waals surface area contributed by atoms with E-state index in [4.69, 9.17) is 27.6 Å². The van der Waals surface area contributed by atoms with Crippen molar-refractivity contribution in [3.63, 3.8) is 0 Å². The number of nitrogens with zero attached hydrogens (tertiary/aromatic N) is 1. The zero-order valence-electron chi connectivity index (χ0n) is 10.1. The van der Waals surface area contributed by atoms with E-state index in [2.05, 4.69) is 10.3 Å². The summed E-state index contributed by atoms with van der Waals surface area (Å²) in [7, 11) is 0. The number of amidine groups is 1. The number of benzene rings is 1. The summed E-state index contributed by atoms with van der Waals surface area (Å²) in [5.41, 5.74) is 0.936. The lowest BCUT2D eigenvalue weighted by molar-refractivity contribution is -0.115. The average Bonchev–Trinajstić information content (AvgIpc) is 3.03. The summed E-state index contributed by atoms with van der Waals surface area (Å²) < 4.78 is 5.19. The fourth-order valence-electron chi connectivity index (χ4n) is 1.76. The lowest BCUT2D eigenvalue weighted by atomic mass is 10.2. The predicted octanol–water partition coefficient (Wildman–Crippen LogP) is 3.50. The Balaban J connectivity index is 1.97. The molecule has 0 saturated carbocycles. The molecule has 3 rings (SSSR count). The van der Waals surface area contributed by atoms with Crippen LogP contribution in [-0.2, 0) is 4.79 Å². The number of rotatable bonds is 2. The molecule has 0 radical (unpaired) electrons. The van der Waals surface area contributed by atoms with Crippen molar-refractivity contribution >= 4 is 41.0 Å². The molecule has 1 amide bonds. The van der Waals surface area contributed by atoms with E-state index in [1.165, 1.54) is 6.26 Å². The third kappa shape index (κ3) is 2.48. The molecular formula is C14H8Cl2N2O2. The minimum Gasteiger partial charge on any atom is -0.461 e. The lowest BCUT2D eigenvalue weighted by Gasteiger charge is -1.99. The molecule has 20 heavy (non-hydrogen) atoms. The lowest BCUT2D eigenvalue weighted by Crippen LogP contribution is -2.24. The normalized spacial score (nSPS) is 16.4. The summed E-state index contributed by atoms with van der Waals surface area (Å²) in [6.07, 6.45) is 3.12. The highest BCUT2D eigenvalue weighted by Crippen LogP contribution is 2.24. The van der Waals surface area contributed by atoms with Crippen molar-refractivity contribution in [3.8, 4) is 0 Å². The number of furan rings is 1. The predicted molar refractivity (Wildman–Crippen MR) is 77.8 cm³/mol. The van der Waals surface area contributed by atoms with Crippen LogP contribution in [-0.4, -0.2) is 11.7 Å². The van der Waals surface area contributed by atoms with Crippen LogP contribution in [0.15, 0.2) is 51.7 Å². The van der Waals surface area contributed by atoms with Gasteiger partial charge in [0.15, 0.2) is 11.6 Å². The number of hydrogen-bond acceptors (Lipinski definition) is 3. The van der Waals surface area contributed by atoms with Crippen LogP contribution in [0.1, 0.15) is 11.3 Å². The molecule has 2 heterocycles. The Morgan fingerprint density at radius 1 is 1.25 bits per heavy atom. The van der Waals surface area contributed by atoms with Gasteiger partial charge >= 0.3 is 0 Å². The Morgan fingerprint density at radius 3 is 2.80 bits per heavy atom. The van der Waals surface area contributed by atoms with Crippen molar-refractivity contribution in [2.24, 2.45) is 4.99 Å². The maximum absolute atomic E-state index is 11.9. The summed E-state index contributed by atoms with van der Waals surface area (Å²) >= 11 is 11.9. The second-order valence-electron chi connectivity index (χ2n) is 4.09. The highest BCUT2D eigenvalue weighted by molar-refractivity contribution is 6.35. The fraction of sp³-hybridized carbons (Fsp3) is 0. The fourth-order valence-corrected chi connectivity index (χ4v) is 2.23. The van der Waals surface area contributed by atoms with Gasteiger partial charge in [0.05, 0.1) is 6.26 Å². The van der Waals surface area contributed by atoms with Gasteiger partial charge in [0, 0.05) is 10.0 Å². The van der Waals surface area contributed by atoms with Gasteiger partial charge < -0.3 is 9.73 Å². The van der Waals surface area contributed by atoms with Crippen molar-refractivity contribution in [1.82, 2.24) is 5.32 Å². The Morgan fingerprint density at radius 2 is 2.10 bits per heavy atom. The summed E-state index contributed by atoms with van der Waals surface area (Å²) in [6, 6.07) is 8.48. The van der Waals surface area contributed by atoms with Crippen LogP contribution in [0.25, 0.3) is 6.08 Å². The molecule has 0 saturated heterocycles. The Labute approximate surface area is 124 Å². The first-order valence-corrected chi connectivity index (χ1v) is 6.50. The Hall–Kier alpha value is -2.04. The second-order valence-corrected chi connectivity index (χ2v) is 4.93. The van der Waals surface area contributed by atoms with Gasteiger partial charge in [-0.05, 0) is 35.9 Å². The quantitative estimate of drug-likeness (QED) is 0.863. The average molecular weight is 307 g/mol. The molecule has 0 atom stereocenters. The van der Waals surface area contributed by atoms with Crippen LogP contribution in [0.3, 0.4) is 0 Å². The number of halogens is 2. The number of aliphatic imine (C=N–C) groups is 1. The van der Waals surface area contributed by atoms with Crippen molar-refractivity contribution in [1.29, 1.82) is 0 Å². The summed E-state index contributed by atoms with van der Waals surface area (Å²) in [5, 5.41) is 3.63. The van der Waals surface area contributed by atoms with Crippen LogP contribution >= 0.6 is 23.2 Å². The van der Waals surface area contributed by atoms with Crippen molar-refractivity contribution in [2.45, 2.75) is 0 Å². The van der Waals surface area contributed by atoms with Gasteiger partial charge in [-0.15, -0.1) is 0 Å². The molecule has 1 aliphatic rings. The number of carbonyl (C=O) groups is 1. The summed E-state index contributed by atoms with van der Waals surface area (Å²) in [4.78, 5) is 16.1. The van der Waals surface area contributed by atoms with Crippen LogP contribution in [0.4, 0.5) is 0 Å². The van der Waals surface area contributed by atoms with Gasteiger partial charge in [-0.25, -0.2) is 4.99 Å². The second kappa shape index (κ2) is 5.15. The molecule has 6 heteroatoms. The summed E-state index contributed by atoms with van der Waals surface area (Å²) in [6.45, 7) is 0. The highest BCUT2D eigenvalue weighted by Gasteiger charge is 2.22. The van der Waals surface area contributed by atoms with Gasteiger partial charge in [0.2, 0.25) is 0 Å². The molecule has 4 nitrogen and oxygen atoms in total. The number of hydrogen-bond donors (Lipinski definition) is 1. The Bertz CT molecular complexity index is 734. The monoisotopic (exact) mass is 306 g/mol. The first kappa shape index (κ1) is 13.0. The van der Waals surface area contributed by atoms with Crippen LogP contribution in [0.2, 0.25) is 10.0 Å².